The van der Waals surface area contributed by atoms with E-state index in [1.165, 1.54) is 19.3 Å². The Labute approximate surface area is 99.6 Å². The molecule has 12 heavy (non-hydrogen) atoms. The molecule has 0 rings (SSSR count). The third-order valence-electron chi connectivity index (χ3n) is 1.30. The molecule has 0 saturated heterocycles. The number of rotatable bonds is 6. The van der Waals surface area contributed by atoms with Gasteiger partial charge in [0.1, 0.15) is 0 Å². The van der Waals surface area contributed by atoms with Gasteiger partial charge in [-0.05, 0) is 6.42 Å². The molecule has 0 aliphatic carbocycles. The molecule has 0 aromatic heterocycles. The summed E-state index contributed by atoms with van der Waals surface area (Å²) in [5.41, 5.74) is 0. The predicted molar refractivity (Wildman–Crippen MR) is 55.0 cm³/mol. The largest absolute Gasteiger partial charge is 0.331 e. The Hall–Kier alpha value is 1.35. The molecule has 0 fully saturated rings. The van der Waals surface area contributed by atoms with Crippen molar-refractivity contribution >= 4 is 25.4 Å². The molecule has 1 unspecified atom stereocenters. The van der Waals surface area contributed by atoms with E-state index in [2.05, 4.69) is 6.92 Å². The van der Waals surface area contributed by atoms with Gasteiger partial charge in [0.05, 0.1) is 6.61 Å². The van der Waals surface area contributed by atoms with Gasteiger partial charge in [-0.1, -0.05) is 26.2 Å². The molecule has 5 heteroatoms. The van der Waals surface area contributed by atoms with Gasteiger partial charge in [-0.3, -0.25) is 4.57 Å². The van der Waals surface area contributed by atoms with Crippen molar-refractivity contribution in [3.63, 3.8) is 0 Å². The fraction of sp³-hybridized carbons (Fsp3) is 1.00. The van der Waals surface area contributed by atoms with Crippen LogP contribution in [0.5, 0.6) is 0 Å². The van der Waals surface area contributed by atoms with Gasteiger partial charge in [0, 0.05) is 26.1 Å². The van der Waals surface area contributed by atoms with Crippen LogP contribution < -0.4 is 0 Å². The van der Waals surface area contributed by atoms with Gasteiger partial charge >= 0.3 is 0 Å². The third kappa shape index (κ3) is 17.4. The maximum absolute atomic E-state index is 10.4. The number of hydrogen-bond donors (Lipinski definition) is 0. The quantitative estimate of drug-likeness (QED) is 0.411. The van der Waals surface area contributed by atoms with Crippen LogP contribution in [-0.4, -0.2) is 30.6 Å². The summed E-state index contributed by atoms with van der Waals surface area (Å²) in [6.45, 7) is 4.47. The van der Waals surface area contributed by atoms with Gasteiger partial charge in [-0.25, -0.2) is 0 Å². The van der Waals surface area contributed by atoms with Crippen molar-refractivity contribution in [3.05, 3.63) is 0 Å². The topological polar surface area (TPSA) is 26.3 Å². The van der Waals surface area contributed by atoms with Crippen LogP contribution in [0.25, 0.3) is 0 Å². The maximum Gasteiger partial charge on any atom is 0.188 e. The molecule has 0 aliphatic heterocycles. The normalized spacial score (nSPS) is 11.2. The first-order valence-corrected chi connectivity index (χ1v) is 5.72. The molecular formula is C7H20AlO2PZn. The van der Waals surface area contributed by atoms with Crippen LogP contribution in [0.4, 0.5) is 0 Å². The van der Waals surface area contributed by atoms with Gasteiger partial charge in [0.2, 0.25) is 0 Å². The minimum absolute atomic E-state index is 0. The van der Waals surface area contributed by atoms with E-state index in [0.717, 1.165) is 6.42 Å². The molecule has 0 spiro atoms. The van der Waals surface area contributed by atoms with Crippen molar-refractivity contribution < 1.29 is 28.6 Å². The molecule has 0 bridgehead atoms. The molecule has 0 radical (unpaired) electrons. The number of hydrogen-bond acceptors (Lipinski definition) is 2. The second-order valence-electron chi connectivity index (χ2n) is 2.40. The Bertz CT molecular complexity index is 103. The van der Waals surface area contributed by atoms with Gasteiger partial charge in [-0.2, -0.15) is 0 Å². The molecule has 0 amide bonds. The molecule has 0 heterocycles. The average molecular weight is 260 g/mol. The third-order valence-corrected chi connectivity index (χ3v) is 1.91. The summed E-state index contributed by atoms with van der Waals surface area (Å²) in [4.78, 5) is 0. The van der Waals surface area contributed by atoms with E-state index in [1.807, 2.05) is 0 Å². The number of unbranched alkanes of at least 4 members (excludes halogenated alkanes) is 3. The molecule has 2 nitrogen and oxygen atoms in total. The Kier molecular flexibility index (Phi) is 23.5. The average Bonchev–Trinajstić information content (AvgIpc) is 1.87. The van der Waals surface area contributed by atoms with Crippen LogP contribution in [0.15, 0.2) is 0 Å². The molecule has 0 aromatic rings. The van der Waals surface area contributed by atoms with Gasteiger partial charge in [0.25, 0.3) is 0 Å². The van der Waals surface area contributed by atoms with E-state index in [-0.39, 0.29) is 36.8 Å². The van der Waals surface area contributed by atoms with Crippen molar-refractivity contribution in [1.29, 1.82) is 0 Å². The Morgan fingerprint density at radius 2 is 1.83 bits per heavy atom. The fourth-order valence-electron chi connectivity index (χ4n) is 0.745. The predicted octanol–water partition coefficient (Wildman–Crippen LogP) is 1.50. The zero-order chi connectivity index (χ0) is 7.82. The summed E-state index contributed by atoms with van der Waals surface area (Å²) in [5, 5.41) is 0. The summed E-state index contributed by atoms with van der Waals surface area (Å²) in [6, 6.07) is 0. The Morgan fingerprint density at radius 1 is 1.25 bits per heavy atom. The smallest absolute Gasteiger partial charge is 0.188 e. The van der Waals surface area contributed by atoms with E-state index in [1.54, 1.807) is 6.66 Å². The van der Waals surface area contributed by atoms with Crippen LogP contribution in [0, 0.1) is 0 Å². The Balaban J connectivity index is -0.000000405. The van der Waals surface area contributed by atoms with E-state index in [9.17, 15) is 4.57 Å². The van der Waals surface area contributed by atoms with Crippen LogP contribution in [0.2, 0.25) is 0 Å². The fourth-order valence-corrected chi connectivity index (χ4v) is 1.18. The minimum Gasteiger partial charge on any atom is -0.331 e. The van der Waals surface area contributed by atoms with Crippen molar-refractivity contribution in [2.45, 2.75) is 32.6 Å². The van der Waals surface area contributed by atoms with E-state index in [0.29, 0.717) is 6.61 Å². The minimum atomic E-state index is -1.67. The van der Waals surface area contributed by atoms with Gasteiger partial charge in [0.15, 0.2) is 25.4 Å². The van der Waals surface area contributed by atoms with E-state index < -0.39 is 8.03 Å². The molecule has 0 aromatic carbocycles. The van der Waals surface area contributed by atoms with E-state index >= 15 is 0 Å². The second kappa shape index (κ2) is 14.8. The molecule has 0 N–H and O–H groups in total. The molecular weight excluding hydrogens is 239 g/mol. The second-order valence-corrected chi connectivity index (χ2v) is 3.67. The summed E-state index contributed by atoms with van der Waals surface area (Å²) >= 11 is 0. The summed E-state index contributed by atoms with van der Waals surface area (Å²) in [5.74, 6) is 0. The zero-order valence-corrected chi connectivity index (χ0v) is 11.5. The van der Waals surface area contributed by atoms with Crippen molar-refractivity contribution in [2.24, 2.45) is 0 Å². The maximum atomic E-state index is 10.4. The van der Waals surface area contributed by atoms with E-state index in [4.69, 9.17) is 4.52 Å². The van der Waals surface area contributed by atoms with Crippen LogP contribution in [0.1, 0.15) is 32.6 Å². The SMILES string of the molecule is CCCCCCO[PH](C)=O.[AlH3].[Zn]. The van der Waals surface area contributed by atoms with Crippen LogP contribution in [0.3, 0.4) is 0 Å². The van der Waals surface area contributed by atoms with Gasteiger partial charge in [-0.15, -0.1) is 0 Å². The van der Waals surface area contributed by atoms with Crippen molar-refractivity contribution in [1.82, 2.24) is 0 Å². The summed E-state index contributed by atoms with van der Waals surface area (Å²) in [6.07, 6.45) is 4.75. The summed E-state index contributed by atoms with van der Waals surface area (Å²) in [7, 11) is -1.67. The van der Waals surface area contributed by atoms with Crippen molar-refractivity contribution in [2.75, 3.05) is 13.3 Å². The first-order chi connectivity index (χ1) is 4.77. The first kappa shape index (κ1) is 19.0. The zero-order valence-electron chi connectivity index (χ0n) is 7.56. The van der Waals surface area contributed by atoms with Crippen LogP contribution >= 0.6 is 8.03 Å². The van der Waals surface area contributed by atoms with Gasteiger partial charge < -0.3 is 4.52 Å². The van der Waals surface area contributed by atoms with Crippen LogP contribution in [-0.2, 0) is 28.6 Å². The summed E-state index contributed by atoms with van der Waals surface area (Å²) < 4.78 is 15.4. The molecule has 0 aliphatic rings. The Morgan fingerprint density at radius 3 is 2.25 bits per heavy atom. The molecule has 0 saturated carbocycles. The van der Waals surface area contributed by atoms with Crippen molar-refractivity contribution in [3.8, 4) is 0 Å². The molecule has 70 valence electrons. The standard InChI is InChI=1S/C7H17O2P.Al.Zn.3H/c1-3-4-5-6-7-9-10(2)8;;;;;/h10H,3-7H2,1-2H3;;;;;. The molecule has 1 atom stereocenters. The monoisotopic (exact) mass is 258 g/mol. The first-order valence-electron chi connectivity index (χ1n) is 3.90.